The molecular weight excluding hydrogens is 280 g/mol. The Bertz CT molecular complexity index is 633. The molecule has 4 N–H and O–H groups in total. The molecule has 0 radical (unpaired) electrons. The van der Waals surface area contributed by atoms with E-state index in [0.717, 1.165) is 19.3 Å². The number of carbonyl (C=O) groups excluding carboxylic acids is 1. The van der Waals surface area contributed by atoms with Gasteiger partial charge in [0.25, 0.3) is 5.91 Å². The summed E-state index contributed by atoms with van der Waals surface area (Å²) in [6.07, 6.45) is 2.78. The van der Waals surface area contributed by atoms with Gasteiger partial charge in [-0.05, 0) is 31.6 Å². The van der Waals surface area contributed by atoms with Crippen LogP contribution in [-0.2, 0) is 10.0 Å². The molecule has 1 aliphatic rings. The van der Waals surface area contributed by atoms with Crippen molar-refractivity contribution in [1.82, 2.24) is 15.5 Å². The van der Waals surface area contributed by atoms with Gasteiger partial charge in [0.05, 0.1) is 5.69 Å². The Labute approximate surface area is 118 Å². The van der Waals surface area contributed by atoms with Gasteiger partial charge < -0.3 is 5.32 Å². The number of rotatable bonds is 3. The maximum atomic E-state index is 12.2. The summed E-state index contributed by atoms with van der Waals surface area (Å²) in [7, 11) is -3.98. The lowest BCUT2D eigenvalue weighted by Gasteiger charge is -2.17. The molecule has 2 rings (SSSR count). The number of primary sulfonamides is 1. The number of aromatic amines is 1. The molecule has 112 valence electrons. The van der Waals surface area contributed by atoms with Gasteiger partial charge in [0, 0.05) is 6.04 Å². The minimum atomic E-state index is -3.98. The summed E-state index contributed by atoms with van der Waals surface area (Å²) in [4.78, 5) is 11.9. The highest BCUT2D eigenvalue weighted by atomic mass is 32.2. The third kappa shape index (κ3) is 3.01. The number of nitrogens with two attached hydrogens (primary N) is 1. The minimum Gasteiger partial charge on any atom is -0.348 e. The molecular formula is C12H20N4O3S. The van der Waals surface area contributed by atoms with Crippen molar-refractivity contribution in [3.63, 3.8) is 0 Å². The van der Waals surface area contributed by atoms with Crippen LogP contribution in [0.15, 0.2) is 4.90 Å². The molecule has 20 heavy (non-hydrogen) atoms. The number of nitrogens with zero attached hydrogens (tertiary/aromatic N) is 1. The molecule has 0 saturated heterocycles. The van der Waals surface area contributed by atoms with Crippen molar-refractivity contribution >= 4 is 15.9 Å². The highest BCUT2D eigenvalue weighted by molar-refractivity contribution is 7.89. The number of nitrogens with one attached hydrogen (secondary N) is 2. The molecule has 1 unspecified atom stereocenters. The largest absolute Gasteiger partial charge is 0.348 e. The Morgan fingerprint density at radius 3 is 2.65 bits per heavy atom. The molecule has 1 heterocycles. The standard InChI is InChI=1S/C12H20N4O3S/c1-7-10(20(13,18)19)9(16-15-7)11(17)14-8-4-5-12(2,3)6-8/h8H,4-6H2,1-3H3,(H,14,17)(H,15,16)(H2,13,18,19). The van der Waals surface area contributed by atoms with Crippen molar-refractivity contribution in [2.24, 2.45) is 10.6 Å². The lowest BCUT2D eigenvalue weighted by atomic mass is 9.92. The van der Waals surface area contributed by atoms with Crippen LogP contribution in [0, 0.1) is 12.3 Å². The Kier molecular flexibility index (Phi) is 3.64. The molecule has 8 heteroatoms. The first-order valence-corrected chi connectivity index (χ1v) is 8.03. The first kappa shape index (κ1) is 15.0. The highest BCUT2D eigenvalue weighted by Crippen LogP contribution is 2.37. The summed E-state index contributed by atoms with van der Waals surface area (Å²) < 4.78 is 23.0. The van der Waals surface area contributed by atoms with Crippen LogP contribution < -0.4 is 10.5 Å². The van der Waals surface area contributed by atoms with Crippen molar-refractivity contribution in [1.29, 1.82) is 0 Å². The molecule has 1 aliphatic carbocycles. The van der Waals surface area contributed by atoms with E-state index < -0.39 is 15.9 Å². The fourth-order valence-corrected chi connectivity index (χ4v) is 3.61. The number of aromatic nitrogens is 2. The van der Waals surface area contributed by atoms with Crippen LogP contribution in [0.3, 0.4) is 0 Å². The van der Waals surface area contributed by atoms with Crippen molar-refractivity contribution in [3.8, 4) is 0 Å². The van der Waals surface area contributed by atoms with Gasteiger partial charge in [-0.25, -0.2) is 13.6 Å². The van der Waals surface area contributed by atoms with E-state index in [0.29, 0.717) is 0 Å². The molecule has 0 bridgehead atoms. The number of aryl methyl sites for hydroxylation is 1. The fraction of sp³-hybridized carbons (Fsp3) is 0.667. The molecule has 1 fully saturated rings. The Balaban J connectivity index is 2.19. The smallest absolute Gasteiger partial charge is 0.273 e. The third-order valence-electron chi connectivity index (χ3n) is 3.69. The average molecular weight is 300 g/mol. The van der Waals surface area contributed by atoms with E-state index in [-0.39, 0.29) is 27.7 Å². The second-order valence-corrected chi connectivity index (χ2v) is 7.65. The van der Waals surface area contributed by atoms with E-state index in [1.165, 1.54) is 6.92 Å². The second-order valence-electron chi connectivity index (χ2n) is 6.15. The number of sulfonamides is 1. The van der Waals surface area contributed by atoms with Crippen molar-refractivity contribution in [2.45, 2.75) is 51.0 Å². The summed E-state index contributed by atoms with van der Waals surface area (Å²) >= 11 is 0. The summed E-state index contributed by atoms with van der Waals surface area (Å²) in [5.41, 5.74) is 0.307. The van der Waals surface area contributed by atoms with Gasteiger partial charge >= 0.3 is 0 Å². The van der Waals surface area contributed by atoms with E-state index in [9.17, 15) is 13.2 Å². The maximum Gasteiger partial charge on any atom is 0.273 e. The topological polar surface area (TPSA) is 118 Å². The SMILES string of the molecule is Cc1[nH]nc(C(=O)NC2CCC(C)(C)C2)c1S(N)(=O)=O. The van der Waals surface area contributed by atoms with Gasteiger partial charge in [0.1, 0.15) is 4.90 Å². The van der Waals surface area contributed by atoms with E-state index in [1.54, 1.807) is 0 Å². The zero-order valence-electron chi connectivity index (χ0n) is 11.9. The molecule has 1 saturated carbocycles. The highest BCUT2D eigenvalue weighted by Gasteiger charge is 2.33. The maximum absolute atomic E-state index is 12.2. The number of hydrogen-bond acceptors (Lipinski definition) is 4. The zero-order chi connectivity index (χ0) is 15.1. The van der Waals surface area contributed by atoms with Crippen LogP contribution >= 0.6 is 0 Å². The minimum absolute atomic E-state index is 0.0443. The van der Waals surface area contributed by atoms with Gasteiger partial charge in [-0.15, -0.1) is 0 Å². The van der Waals surface area contributed by atoms with Crippen LogP contribution in [0.2, 0.25) is 0 Å². The van der Waals surface area contributed by atoms with Crippen LogP contribution in [-0.4, -0.2) is 30.6 Å². The van der Waals surface area contributed by atoms with E-state index >= 15 is 0 Å². The molecule has 1 aromatic rings. The monoisotopic (exact) mass is 300 g/mol. The van der Waals surface area contributed by atoms with Crippen molar-refractivity contribution < 1.29 is 13.2 Å². The number of H-pyrrole nitrogens is 1. The molecule has 1 aromatic heterocycles. The Hall–Kier alpha value is -1.41. The Morgan fingerprint density at radius 2 is 2.15 bits per heavy atom. The van der Waals surface area contributed by atoms with Gasteiger partial charge in [0.15, 0.2) is 5.69 Å². The van der Waals surface area contributed by atoms with Gasteiger partial charge in [-0.2, -0.15) is 5.10 Å². The van der Waals surface area contributed by atoms with Crippen molar-refractivity contribution in [2.75, 3.05) is 0 Å². The van der Waals surface area contributed by atoms with Gasteiger partial charge in [0.2, 0.25) is 10.0 Å². The van der Waals surface area contributed by atoms with Gasteiger partial charge in [-0.3, -0.25) is 9.89 Å². The Morgan fingerprint density at radius 1 is 1.50 bits per heavy atom. The third-order valence-corrected chi connectivity index (χ3v) is 4.76. The van der Waals surface area contributed by atoms with Crippen molar-refractivity contribution in [3.05, 3.63) is 11.4 Å². The molecule has 7 nitrogen and oxygen atoms in total. The quantitative estimate of drug-likeness (QED) is 0.760. The summed E-state index contributed by atoms with van der Waals surface area (Å²) in [6, 6.07) is 0.0443. The van der Waals surface area contributed by atoms with E-state index in [1.807, 2.05) is 0 Å². The van der Waals surface area contributed by atoms with Crippen LogP contribution in [0.4, 0.5) is 0 Å². The molecule has 0 aliphatic heterocycles. The number of amides is 1. The summed E-state index contributed by atoms with van der Waals surface area (Å²) in [5, 5.41) is 14.2. The predicted octanol–water partition coefficient (Wildman–Crippen LogP) is 0.674. The normalized spacial score (nSPS) is 21.9. The summed E-state index contributed by atoms with van der Waals surface area (Å²) in [6.45, 7) is 5.81. The first-order chi connectivity index (χ1) is 9.10. The zero-order valence-corrected chi connectivity index (χ0v) is 12.7. The van der Waals surface area contributed by atoms with E-state index in [4.69, 9.17) is 5.14 Å². The molecule has 0 spiro atoms. The predicted molar refractivity (Wildman–Crippen MR) is 73.6 cm³/mol. The van der Waals surface area contributed by atoms with Crippen LogP contribution in [0.5, 0.6) is 0 Å². The molecule has 1 amide bonds. The van der Waals surface area contributed by atoms with Crippen LogP contribution in [0.1, 0.15) is 49.3 Å². The number of hydrogen-bond donors (Lipinski definition) is 3. The lowest BCUT2D eigenvalue weighted by molar-refractivity contribution is 0.0927. The van der Waals surface area contributed by atoms with E-state index in [2.05, 4.69) is 29.4 Å². The van der Waals surface area contributed by atoms with Crippen LogP contribution in [0.25, 0.3) is 0 Å². The second kappa shape index (κ2) is 4.85. The number of carbonyl (C=O) groups is 1. The fourth-order valence-electron chi connectivity index (χ4n) is 2.73. The molecule has 1 atom stereocenters. The lowest BCUT2D eigenvalue weighted by Crippen LogP contribution is -2.35. The first-order valence-electron chi connectivity index (χ1n) is 6.49. The summed E-state index contributed by atoms with van der Waals surface area (Å²) in [5.74, 6) is -0.499. The van der Waals surface area contributed by atoms with Gasteiger partial charge in [-0.1, -0.05) is 13.8 Å². The molecule has 0 aromatic carbocycles. The average Bonchev–Trinajstić information content (AvgIpc) is 2.81.